The predicted octanol–water partition coefficient (Wildman–Crippen LogP) is 0.0645. The zero-order valence-electron chi connectivity index (χ0n) is 11.4. The molecule has 0 N–H and O–H groups in total. The predicted molar refractivity (Wildman–Crippen MR) is 69.4 cm³/mol. The lowest BCUT2D eigenvalue weighted by atomic mass is 9.91. The van der Waals surface area contributed by atoms with Gasteiger partial charge in [-0.3, -0.25) is 0 Å². The molecule has 1 aliphatic carbocycles. The van der Waals surface area contributed by atoms with Crippen LogP contribution < -0.4 is 12.4 Å². The third kappa shape index (κ3) is 3.02. The molecule has 0 aromatic heterocycles. The van der Waals surface area contributed by atoms with E-state index in [0.29, 0.717) is 5.41 Å². The second kappa shape index (κ2) is 4.99. The van der Waals surface area contributed by atoms with Crippen LogP contribution in [-0.4, -0.2) is 32.2 Å². The zero-order chi connectivity index (χ0) is 11.8. The second-order valence-electron chi connectivity index (χ2n) is 6.28. The molecule has 1 saturated carbocycles. The largest absolute Gasteiger partial charge is 1.00 e. The van der Waals surface area contributed by atoms with E-state index in [-0.39, 0.29) is 12.4 Å². The van der Waals surface area contributed by atoms with Crippen molar-refractivity contribution in [1.82, 2.24) is 0 Å². The smallest absolute Gasteiger partial charge is 0.0881 e. The average Bonchev–Trinajstić information content (AvgIpc) is 2.91. The van der Waals surface area contributed by atoms with Gasteiger partial charge in [0.2, 0.25) is 0 Å². The summed E-state index contributed by atoms with van der Waals surface area (Å²) in [6.07, 6.45) is 2.69. The van der Waals surface area contributed by atoms with E-state index in [2.05, 4.69) is 58.4 Å². The van der Waals surface area contributed by atoms with E-state index in [0.717, 1.165) is 10.4 Å². The van der Waals surface area contributed by atoms with Crippen molar-refractivity contribution in [2.45, 2.75) is 25.2 Å². The number of rotatable bonds is 4. The Morgan fingerprint density at radius 2 is 1.76 bits per heavy atom. The lowest BCUT2D eigenvalue weighted by Gasteiger charge is -2.30. The van der Waals surface area contributed by atoms with Gasteiger partial charge in [0.05, 0.1) is 27.7 Å². The highest BCUT2D eigenvalue weighted by Crippen LogP contribution is 2.56. The van der Waals surface area contributed by atoms with Gasteiger partial charge in [-0.1, -0.05) is 43.7 Å². The molecular formula is C15H24ClN. The van der Waals surface area contributed by atoms with Gasteiger partial charge < -0.3 is 16.9 Å². The number of benzene rings is 1. The van der Waals surface area contributed by atoms with Gasteiger partial charge in [0.25, 0.3) is 0 Å². The molecule has 1 aromatic carbocycles. The van der Waals surface area contributed by atoms with Gasteiger partial charge in [-0.05, 0) is 17.9 Å². The van der Waals surface area contributed by atoms with E-state index in [4.69, 9.17) is 0 Å². The minimum Gasteiger partial charge on any atom is -1.00 e. The molecule has 0 amide bonds. The van der Waals surface area contributed by atoms with Crippen LogP contribution in [0.15, 0.2) is 30.3 Å². The highest BCUT2D eigenvalue weighted by Gasteiger charge is 2.56. The summed E-state index contributed by atoms with van der Waals surface area (Å²) in [4.78, 5) is 0. The first-order valence-corrected chi connectivity index (χ1v) is 6.34. The Morgan fingerprint density at radius 3 is 2.18 bits per heavy atom. The number of hydrogen-bond donors (Lipinski definition) is 0. The molecule has 2 heteroatoms. The van der Waals surface area contributed by atoms with Crippen molar-refractivity contribution in [3.63, 3.8) is 0 Å². The van der Waals surface area contributed by atoms with Crippen molar-refractivity contribution >= 4 is 0 Å². The lowest BCUT2D eigenvalue weighted by Crippen LogP contribution is -3.00. The summed E-state index contributed by atoms with van der Waals surface area (Å²) in [5.41, 5.74) is 2.02. The molecule has 0 aliphatic heterocycles. The van der Waals surface area contributed by atoms with Gasteiger partial charge in [0, 0.05) is 5.41 Å². The molecule has 2 rings (SSSR count). The first-order chi connectivity index (χ1) is 7.48. The van der Waals surface area contributed by atoms with Crippen LogP contribution in [0.4, 0.5) is 0 Å². The highest BCUT2D eigenvalue weighted by atomic mass is 35.5. The van der Waals surface area contributed by atoms with Crippen molar-refractivity contribution in [3.05, 3.63) is 35.9 Å². The van der Waals surface area contributed by atoms with Crippen LogP contribution in [0.5, 0.6) is 0 Å². The van der Waals surface area contributed by atoms with Gasteiger partial charge in [-0.2, -0.15) is 0 Å². The molecule has 0 heterocycles. The van der Waals surface area contributed by atoms with Gasteiger partial charge in [-0.15, -0.1) is 0 Å². The first kappa shape index (κ1) is 14.5. The fourth-order valence-electron chi connectivity index (χ4n) is 3.17. The van der Waals surface area contributed by atoms with Crippen LogP contribution in [0, 0.1) is 5.92 Å². The van der Waals surface area contributed by atoms with Crippen LogP contribution in [0.2, 0.25) is 0 Å². The van der Waals surface area contributed by atoms with E-state index >= 15 is 0 Å². The molecule has 0 saturated heterocycles. The van der Waals surface area contributed by atoms with Crippen LogP contribution in [0.25, 0.3) is 0 Å². The summed E-state index contributed by atoms with van der Waals surface area (Å²) in [7, 11) is 6.90. The van der Waals surface area contributed by atoms with Crippen LogP contribution in [0.3, 0.4) is 0 Å². The summed E-state index contributed by atoms with van der Waals surface area (Å²) >= 11 is 0. The number of quaternary nitrogens is 1. The van der Waals surface area contributed by atoms with E-state index in [1.165, 1.54) is 19.4 Å². The minimum absolute atomic E-state index is 0. The van der Waals surface area contributed by atoms with Gasteiger partial charge in [0.1, 0.15) is 0 Å². The lowest BCUT2D eigenvalue weighted by molar-refractivity contribution is -0.873. The molecule has 1 aliphatic rings. The monoisotopic (exact) mass is 253 g/mol. The van der Waals surface area contributed by atoms with Crippen LogP contribution >= 0.6 is 0 Å². The molecular weight excluding hydrogens is 230 g/mol. The summed E-state index contributed by atoms with van der Waals surface area (Å²) < 4.78 is 1.06. The minimum atomic E-state index is 0. The molecule has 1 fully saturated rings. The van der Waals surface area contributed by atoms with E-state index < -0.39 is 0 Å². The Bertz CT molecular complexity index is 355. The molecule has 0 bridgehead atoms. The van der Waals surface area contributed by atoms with E-state index in [1.807, 2.05) is 0 Å². The van der Waals surface area contributed by atoms with Gasteiger partial charge >= 0.3 is 0 Å². The maximum Gasteiger partial charge on any atom is 0.0881 e. The SMILES string of the molecule is CCC1CC1(C[N+](C)(C)C)c1ccccc1.[Cl-]. The topological polar surface area (TPSA) is 0 Å². The number of likely N-dealkylation sites (N-methyl/N-ethyl adjacent to an activating group) is 1. The Labute approximate surface area is 112 Å². The summed E-state index contributed by atoms with van der Waals surface area (Å²) in [5, 5.41) is 0. The standard InChI is InChI=1S/C15H24N.ClH/c1-5-13-11-15(13,12-16(2,3)4)14-9-7-6-8-10-14;/h6-10,13H,5,11-12H2,1-4H3;1H/q+1;/p-1. The summed E-state index contributed by atoms with van der Waals surface area (Å²) in [6.45, 7) is 3.58. The maximum atomic E-state index is 2.32. The fraction of sp³-hybridized carbons (Fsp3) is 0.600. The second-order valence-corrected chi connectivity index (χ2v) is 6.28. The molecule has 1 aromatic rings. The Balaban J connectivity index is 0.00000144. The van der Waals surface area contributed by atoms with Crippen molar-refractivity contribution in [3.8, 4) is 0 Å². The third-order valence-corrected chi connectivity index (χ3v) is 3.83. The molecule has 2 atom stereocenters. The maximum absolute atomic E-state index is 2.32. The zero-order valence-corrected chi connectivity index (χ0v) is 12.2. The van der Waals surface area contributed by atoms with Crippen LogP contribution in [-0.2, 0) is 5.41 Å². The van der Waals surface area contributed by atoms with E-state index in [1.54, 1.807) is 5.56 Å². The highest BCUT2D eigenvalue weighted by molar-refractivity contribution is 5.33. The van der Waals surface area contributed by atoms with Gasteiger partial charge in [-0.25, -0.2) is 0 Å². The van der Waals surface area contributed by atoms with Gasteiger partial charge in [0.15, 0.2) is 0 Å². The number of hydrogen-bond acceptors (Lipinski definition) is 0. The summed E-state index contributed by atoms with van der Waals surface area (Å²) in [6, 6.07) is 11.1. The molecule has 0 spiro atoms. The van der Waals surface area contributed by atoms with Crippen molar-refractivity contribution in [2.24, 2.45) is 5.92 Å². The Hall–Kier alpha value is -0.530. The summed E-state index contributed by atoms with van der Waals surface area (Å²) in [5.74, 6) is 0.896. The van der Waals surface area contributed by atoms with Crippen molar-refractivity contribution in [2.75, 3.05) is 27.7 Å². The molecule has 17 heavy (non-hydrogen) atoms. The number of nitrogens with zero attached hydrogens (tertiary/aromatic N) is 1. The Morgan fingerprint density at radius 1 is 1.18 bits per heavy atom. The quantitative estimate of drug-likeness (QED) is 0.666. The number of halogens is 1. The van der Waals surface area contributed by atoms with E-state index in [9.17, 15) is 0 Å². The normalized spacial score (nSPS) is 27.4. The molecule has 2 unspecified atom stereocenters. The fourth-order valence-corrected chi connectivity index (χ4v) is 3.17. The van der Waals surface area contributed by atoms with Crippen molar-refractivity contribution < 1.29 is 16.9 Å². The molecule has 96 valence electrons. The first-order valence-electron chi connectivity index (χ1n) is 6.34. The third-order valence-electron chi connectivity index (χ3n) is 3.83. The van der Waals surface area contributed by atoms with Crippen LogP contribution in [0.1, 0.15) is 25.3 Å². The molecule has 1 nitrogen and oxygen atoms in total. The average molecular weight is 254 g/mol. The Kier molecular flexibility index (Phi) is 4.27. The molecule has 0 radical (unpaired) electrons. The van der Waals surface area contributed by atoms with Crippen molar-refractivity contribution in [1.29, 1.82) is 0 Å².